The highest BCUT2D eigenvalue weighted by molar-refractivity contribution is 7.12. The minimum atomic E-state index is -0.485. The summed E-state index contributed by atoms with van der Waals surface area (Å²) in [5.74, 6) is 0.421. The average Bonchev–Trinajstić information content (AvgIpc) is 2.65. The molecule has 0 aliphatic heterocycles. The van der Waals surface area contributed by atoms with Gasteiger partial charge in [-0.25, -0.2) is 4.79 Å². The van der Waals surface area contributed by atoms with Gasteiger partial charge in [-0.1, -0.05) is 13.8 Å². The molecule has 1 aromatic heterocycles. The zero-order chi connectivity index (χ0) is 15.3. The lowest BCUT2D eigenvalue weighted by Gasteiger charge is -2.17. The van der Waals surface area contributed by atoms with Crippen LogP contribution in [0.15, 0.2) is 6.07 Å². The van der Waals surface area contributed by atoms with Crippen LogP contribution in [-0.4, -0.2) is 23.8 Å². The molecule has 5 heteroatoms. The van der Waals surface area contributed by atoms with Crippen molar-refractivity contribution in [2.75, 3.05) is 6.54 Å². The third kappa shape index (κ3) is 5.51. The normalized spacial score (nSPS) is 14.2. The second-order valence-corrected chi connectivity index (χ2v) is 7.19. The maximum absolute atomic E-state index is 11.8. The second kappa shape index (κ2) is 7.64. The van der Waals surface area contributed by atoms with Gasteiger partial charge in [0, 0.05) is 16.3 Å². The van der Waals surface area contributed by atoms with Gasteiger partial charge in [0.25, 0.3) is 0 Å². The first-order valence-corrected chi connectivity index (χ1v) is 7.90. The zero-order valence-electron chi connectivity index (χ0n) is 13.0. The lowest BCUT2D eigenvalue weighted by Crippen LogP contribution is -2.41. The van der Waals surface area contributed by atoms with Crippen LogP contribution in [0.2, 0.25) is 0 Å². The Kier molecular flexibility index (Phi) is 6.49. The minimum Gasteiger partial charge on any atom is -0.391 e. The molecule has 0 aliphatic rings. The summed E-state index contributed by atoms with van der Waals surface area (Å²) in [6.07, 6.45) is 0.208. The monoisotopic (exact) mass is 298 g/mol. The Morgan fingerprint density at radius 3 is 2.50 bits per heavy atom. The maximum atomic E-state index is 11.8. The topological polar surface area (TPSA) is 61.4 Å². The highest BCUT2D eigenvalue weighted by atomic mass is 32.1. The van der Waals surface area contributed by atoms with Crippen molar-refractivity contribution in [3.63, 3.8) is 0 Å². The molecule has 0 fully saturated rings. The summed E-state index contributed by atoms with van der Waals surface area (Å²) < 4.78 is 0. The van der Waals surface area contributed by atoms with Crippen molar-refractivity contribution in [1.82, 2.24) is 10.6 Å². The first kappa shape index (κ1) is 17.0. The van der Waals surface area contributed by atoms with Crippen molar-refractivity contribution in [3.05, 3.63) is 21.4 Å². The van der Waals surface area contributed by atoms with Crippen LogP contribution in [-0.2, 0) is 0 Å². The van der Waals surface area contributed by atoms with Gasteiger partial charge < -0.3 is 15.7 Å². The van der Waals surface area contributed by atoms with Crippen molar-refractivity contribution in [1.29, 1.82) is 0 Å². The van der Waals surface area contributed by atoms with Crippen LogP contribution in [0.5, 0.6) is 0 Å². The number of aryl methyl sites for hydroxylation is 2. The van der Waals surface area contributed by atoms with Crippen LogP contribution in [0.4, 0.5) is 4.79 Å². The summed E-state index contributed by atoms with van der Waals surface area (Å²) in [4.78, 5) is 14.3. The summed E-state index contributed by atoms with van der Waals surface area (Å²) in [7, 11) is 0. The molecule has 20 heavy (non-hydrogen) atoms. The van der Waals surface area contributed by atoms with E-state index in [9.17, 15) is 9.90 Å². The van der Waals surface area contributed by atoms with Crippen molar-refractivity contribution in [3.8, 4) is 0 Å². The molecule has 0 aromatic carbocycles. The molecule has 4 nitrogen and oxygen atoms in total. The molecule has 0 saturated carbocycles. The molecule has 1 aromatic rings. The van der Waals surface area contributed by atoms with Crippen molar-refractivity contribution in [2.24, 2.45) is 5.92 Å². The Morgan fingerprint density at radius 1 is 1.35 bits per heavy atom. The zero-order valence-corrected chi connectivity index (χ0v) is 13.8. The molecule has 2 atom stereocenters. The first-order chi connectivity index (χ1) is 9.29. The van der Waals surface area contributed by atoms with Crippen LogP contribution >= 0.6 is 11.3 Å². The Balaban J connectivity index is 2.40. The number of carbonyl (C=O) groups excluding carboxylic acids is 1. The van der Waals surface area contributed by atoms with Gasteiger partial charge in [-0.15, -0.1) is 11.3 Å². The Hall–Kier alpha value is -1.07. The molecule has 0 saturated heterocycles. The van der Waals surface area contributed by atoms with Crippen LogP contribution in [0.3, 0.4) is 0 Å². The van der Waals surface area contributed by atoms with E-state index in [1.165, 1.54) is 9.75 Å². The summed E-state index contributed by atoms with van der Waals surface area (Å²) in [5, 5.41) is 15.3. The van der Waals surface area contributed by atoms with Crippen LogP contribution in [0.1, 0.15) is 48.6 Å². The van der Waals surface area contributed by atoms with E-state index in [4.69, 9.17) is 0 Å². The predicted molar refractivity (Wildman–Crippen MR) is 84.2 cm³/mol. The molecule has 1 heterocycles. The van der Waals surface area contributed by atoms with E-state index in [2.05, 4.69) is 30.5 Å². The number of carbonyl (C=O) groups is 1. The average molecular weight is 298 g/mol. The standard InChI is InChI=1S/C15H26N2O2S/c1-9(2)6-13(18)8-16-15(19)17-11(4)14-7-10(3)20-12(14)5/h7,9,11,13,18H,6,8H2,1-5H3,(H2,16,17,19). The number of thiophene rings is 1. The Bertz CT molecular complexity index is 443. The molecule has 3 N–H and O–H groups in total. The lowest BCUT2D eigenvalue weighted by molar-refractivity contribution is 0.146. The number of nitrogens with one attached hydrogen (secondary N) is 2. The number of aliphatic hydroxyl groups is 1. The smallest absolute Gasteiger partial charge is 0.315 e. The van der Waals surface area contributed by atoms with Gasteiger partial charge in [0.1, 0.15) is 0 Å². The lowest BCUT2D eigenvalue weighted by atomic mass is 10.1. The number of urea groups is 1. The van der Waals surface area contributed by atoms with Gasteiger partial charge in [-0.3, -0.25) is 0 Å². The summed E-state index contributed by atoms with van der Waals surface area (Å²) in [6, 6.07) is 1.85. The molecule has 0 aliphatic carbocycles. The highest BCUT2D eigenvalue weighted by Gasteiger charge is 2.14. The third-order valence-electron chi connectivity index (χ3n) is 3.14. The van der Waals surface area contributed by atoms with Crippen molar-refractivity contribution < 1.29 is 9.90 Å². The summed E-state index contributed by atoms with van der Waals surface area (Å²) in [6.45, 7) is 10.5. The van der Waals surface area contributed by atoms with E-state index in [0.717, 1.165) is 5.56 Å². The fourth-order valence-electron chi connectivity index (χ4n) is 2.24. The third-order valence-corrected chi connectivity index (χ3v) is 4.12. The fraction of sp³-hybridized carbons (Fsp3) is 0.667. The molecule has 114 valence electrons. The van der Waals surface area contributed by atoms with E-state index >= 15 is 0 Å². The molecule has 0 bridgehead atoms. The largest absolute Gasteiger partial charge is 0.391 e. The van der Waals surface area contributed by atoms with E-state index < -0.39 is 6.10 Å². The van der Waals surface area contributed by atoms with Crippen molar-refractivity contribution in [2.45, 2.75) is 53.2 Å². The van der Waals surface area contributed by atoms with Gasteiger partial charge in [0.05, 0.1) is 12.1 Å². The number of amides is 2. The predicted octanol–water partition coefficient (Wildman–Crippen LogP) is 3.13. The SMILES string of the molecule is Cc1cc(C(C)NC(=O)NCC(O)CC(C)C)c(C)s1. The van der Waals surface area contributed by atoms with Crippen LogP contribution < -0.4 is 10.6 Å². The summed E-state index contributed by atoms with van der Waals surface area (Å²) >= 11 is 1.74. The Labute approximate surface area is 125 Å². The second-order valence-electron chi connectivity index (χ2n) is 5.73. The molecule has 2 unspecified atom stereocenters. The van der Waals surface area contributed by atoms with E-state index in [0.29, 0.717) is 18.9 Å². The molecular weight excluding hydrogens is 272 g/mol. The number of aliphatic hydroxyl groups excluding tert-OH is 1. The maximum Gasteiger partial charge on any atom is 0.315 e. The molecule has 0 spiro atoms. The fourth-order valence-corrected chi connectivity index (χ4v) is 3.27. The van der Waals surface area contributed by atoms with Gasteiger partial charge in [-0.05, 0) is 44.7 Å². The van der Waals surface area contributed by atoms with E-state index in [-0.39, 0.29) is 12.1 Å². The van der Waals surface area contributed by atoms with Gasteiger partial charge in [0.2, 0.25) is 0 Å². The quantitative estimate of drug-likeness (QED) is 0.755. The van der Waals surface area contributed by atoms with Gasteiger partial charge >= 0.3 is 6.03 Å². The minimum absolute atomic E-state index is 0.0257. The van der Waals surface area contributed by atoms with Gasteiger partial charge in [-0.2, -0.15) is 0 Å². The summed E-state index contributed by atoms with van der Waals surface area (Å²) in [5.41, 5.74) is 1.16. The van der Waals surface area contributed by atoms with E-state index in [1.807, 2.05) is 20.8 Å². The number of hydrogen-bond donors (Lipinski definition) is 3. The first-order valence-electron chi connectivity index (χ1n) is 7.09. The van der Waals surface area contributed by atoms with Crippen LogP contribution in [0.25, 0.3) is 0 Å². The van der Waals surface area contributed by atoms with Crippen molar-refractivity contribution >= 4 is 17.4 Å². The molecule has 0 radical (unpaired) electrons. The molecule has 1 rings (SSSR count). The molecule has 2 amide bonds. The molecular formula is C15H26N2O2S. The van der Waals surface area contributed by atoms with Gasteiger partial charge in [0.15, 0.2) is 0 Å². The Morgan fingerprint density at radius 2 is 2.00 bits per heavy atom. The number of hydrogen-bond acceptors (Lipinski definition) is 3. The highest BCUT2D eigenvalue weighted by Crippen LogP contribution is 2.25. The van der Waals surface area contributed by atoms with E-state index in [1.54, 1.807) is 11.3 Å². The number of rotatable bonds is 6. The van der Waals surface area contributed by atoms with Crippen LogP contribution in [0, 0.1) is 19.8 Å².